The number of hydrogen-bond acceptors (Lipinski definition) is 8. The number of aromatic nitrogens is 3. The van der Waals surface area contributed by atoms with Crippen LogP contribution in [0.4, 0.5) is 5.13 Å². The van der Waals surface area contributed by atoms with Crippen LogP contribution in [0.3, 0.4) is 0 Å². The lowest BCUT2D eigenvalue weighted by Crippen LogP contribution is -2.44. The second-order valence-electron chi connectivity index (χ2n) is 7.00. The van der Waals surface area contributed by atoms with Crippen LogP contribution in [-0.4, -0.2) is 33.5 Å². The van der Waals surface area contributed by atoms with Crippen LogP contribution >= 0.6 is 11.3 Å². The third kappa shape index (κ3) is 5.46. The topological polar surface area (TPSA) is 122 Å². The molecule has 4 rings (SSSR count). The molecule has 0 radical (unpaired) electrons. The predicted octanol–water partition coefficient (Wildman–Crippen LogP) is 3.10. The molecule has 0 fully saturated rings. The molecule has 0 bridgehead atoms. The Morgan fingerprint density at radius 2 is 1.78 bits per heavy atom. The van der Waals surface area contributed by atoms with Crippen molar-refractivity contribution in [2.45, 2.75) is 26.2 Å². The van der Waals surface area contributed by atoms with Crippen LogP contribution < -0.4 is 16.2 Å². The highest BCUT2D eigenvalue weighted by molar-refractivity contribution is 7.22. The maximum absolute atomic E-state index is 12.0. The van der Waals surface area contributed by atoms with Gasteiger partial charge in [-0.05, 0) is 24.1 Å². The van der Waals surface area contributed by atoms with E-state index in [1.54, 1.807) is 0 Å². The van der Waals surface area contributed by atoms with Gasteiger partial charge in [0.2, 0.25) is 17.6 Å². The van der Waals surface area contributed by atoms with E-state index in [1.165, 1.54) is 16.9 Å². The molecule has 0 unspecified atom stereocenters. The van der Waals surface area contributed by atoms with E-state index in [2.05, 4.69) is 38.2 Å². The van der Waals surface area contributed by atoms with Gasteiger partial charge in [0.1, 0.15) is 0 Å². The van der Waals surface area contributed by atoms with Crippen LogP contribution in [0, 0.1) is 0 Å². The quantitative estimate of drug-likeness (QED) is 0.353. The molecule has 0 atom stereocenters. The van der Waals surface area contributed by atoms with Crippen molar-refractivity contribution in [3.63, 3.8) is 0 Å². The summed E-state index contributed by atoms with van der Waals surface area (Å²) < 4.78 is 6.25. The highest BCUT2D eigenvalue weighted by Crippen LogP contribution is 2.25. The average molecular weight is 451 g/mol. The van der Waals surface area contributed by atoms with Crippen LogP contribution in [0.1, 0.15) is 24.8 Å². The third-order valence-corrected chi connectivity index (χ3v) is 5.68. The van der Waals surface area contributed by atoms with Crippen LogP contribution in [0.15, 0.2) is 53.1 Å². The molecular formula is C22H22N6O3S. The van der Waals surface area contributed by atoms with Gasteiger partial charge in [0.15, 0.2) is 5.13 Å². The lowest BCUT2D eigenvalue weighted by Gasteiger charge is -2.07. The van der Waals surface area contributed by atoms with Crippen molar-refractivity contribution < 1.29 is 14.1 Å². The summed E-state index contributed by atoms with van der Waals surface area (Å²) in [6, 6.07) is 15.6. The minimum Gasteiger partial charge on any atom is -0.352 e. The first-order chi connectivity index (χ1) is 15.6. The van der Waals surface area contributed by atoms with Gasteiger partial charge in [-0.2, -0.15) is 4.98 Å². The number of hydrogen-bond donors (Lipinski definition) is 3. The van der Waals surface area contributed by atoms with Crippen molar-refractivity contribution in [3.8, 4) is 11.4 Å². The smallest absolute Gasteiger partial charge is 0.257 e. The Kier molecular flexibility index (Phi) is 6.71. The highest BCUT2D eigenvalue weighted by Gasteiger charge is 2.12. The summed E-state index contributed by atoms with van der Waals surface area (Å²) in [4.78, 5) is 32.7. The number of rotatable bonds is 8. The first kappa shape index (κ1) is 21.4. The van der Waals surface area contributed by atoms with Gasteiger partial charge in [0.25, 0.3) is 5.91 Å². The van der Waals surface area contributed by atoms with Crippen molar-refractivity contribution in [1.29, 1.82) is 0 Å². The van der Waals surface area contributed by atoms with E-state index in [4.69, 9.17) is 4.52 Å². The number of aryl methyl sites for hydroxylation is 2. The largest absolute Gasteiger partial charge is 0.352 e. The fourth-order valence-electron chi connectivity index (χ4n) is 2.93. The third-order valence-electron chi connectivity index (χ3n) is 4.69. The lowest BCUT2D eigenvalue weighted by molar-refractivity contribution is -0.128. The van der Waals surface area contributed by atoms with Crippen molar-refractivity contribution in [2.24, 2.45) is 0 Å². The summed E-state index contributed by atoms with van der Waals surface area (Å²) in [5.41, 5.74) is 7.71. The van der Waals surface area contributed by atoms with Gasteiger partial charge in [-0.3, -0.25) is 20.4 Å². The van der Waals surface area contributed by atoms with Crippen LogP contribution in [0.2, 0.25) is 0 Å². The first-order valence-electron chi connectivity index (χ1n) is 10.2. The minimum atomic E-state index is -0.381. The molecule has 0 saturated carbocycles. The number of carbonyl (C=O) groups excluding carboxylic acids is 2. The Labute approximate surface area is 188 Å². The molecular weight excluding hydrogens is 428 g/mol. The standard InChI is InChI=1S/C22H22N6O3S/c1-2-14-7-9-15(10-8-14)21-25-20(31-28-21)12-11-18(29)26-27-19(30)13-23-22-24-16-5-3-4-6-17(16)32-22/h3-10H,2,11-13H2,1H3,(H,23,24)(H,26,29)(H,27,30). The summed E-state index contributed by atoms with van der Waals surface area (Å²) in [5, 5.41) is 7.56. The zero-order valence-corrected chi connectivity index (χ0v) is 18.2. The van der Waals surface area contributed by atoms with Crippen molar-refractivity contribution >= 4 is 38.5 Å². The van der Waals surface area contributed by atoms with Crippen LogP contribution in [-0.2, 0) is 22.4 Å². The number of anilines is 1. The average Bonchev–Trinajstić information content (AvgIpc) is 3.47. The van der Waals surface area contributed by atoms with E-state index >= 15 is 0 Å². The normalized spacial score (nSPS) is 10.8. The zero-order chi connectivity index (χ0) is 22.3. The van der Waals surface area contributed by atoms with Gasteiger partial charge in [-0.15, -0.1) is 0 Å². The summed E-state index contributed by atoms with van der Waals surface area (Å²) in [6.45, 7) is 2.08. The Bertz CT molecular complexity index is 1180. The Morgan fingerprint density at radius 1 is 1.00 bits per heavy atom. The summed E-state index contributed by atoms with van der Waals surface area (Å²) in [6.07, 6.45) is 1.33. The SMILES string of the molecule is CCc1ccc(-c2noc(CCC(=O)NNC(=O)CNc3nc4ccccc4s3)n2)cc1. The van der Waals surface area contributed by atoms with Crippen LogP contribution in [0.25, 0.3) is 21.6 Å². The summed E-state index contributed by atoms with van der Waals surface area (Å²) in [7, 11) is 0. The summed E-state index contributed by atoms with van der Waals surface area (Å²) in [5.74, 6) is 0.106. The molecule has 10 heteroatoms. The molecule has 2 aromatic carbocycles. The van der Waals surface area contributed by atoms with E-state index in [0.717, 1.165) is 22.2 Å². The molecule has 2 aromatic heterocycles. The van der Waals surface area contributed by atoms with Crippen molar-refractivity contribution in [1.82, 2.24) is 26.0 Å². The maximum atomic E-state index is 12.0. The zero-order valence-electron chi connectivity index (χ0n) is 17.4. The van der Waals surface area contributed by atoms with Gasteiger partial charge in [0, 0.05) is 18.4 Å². The predicted molar refractivity (Wildman–Crippen MR) is 122 cm³/mol. The van der Waals surface area contributed by atoms with E-state index < -0.39 is 0 Å². The maximum Gasteiger partial charge on any atom is 0.257 e. The number of thiazole rings is 1. The van der Waals surface area contributed by atoms with E-state index in [0.29, 0.717) is 16.8 Å². The van der Waals surface area contributed by atoms with Gasteiger partial charge in [-0.25, -0.2) is 4.98 Å². The molecule has 3 N–H and O–H groups in total. The number of hydrazine groups is 1. The van der Waals surface area contributed by atoms with Gasteiger partial charge in [0.05, 0.1) is 16.8 Å². The molecule has 0 aliphatic heterocycles. The monoisotopic (exact) mass is 450 g/mol. The second-order valence-corrected chi connectivity index (χ2v) is 8.03. The molecule has 4 aromatic rings. The van der Waals surface area contributed by atoms with E-state index in [1.807, 2.05) is 48.5 Å². The Balaban J connectivity index is 1.18. The van der Waals surface area contributed by atoms with Crippen molar-refractivity contribution in [3.05, 3.63) is 60.0 Å². The molecule has 2 heterocycles. The highest BCUT2D eigenvalue weighted by atomic mass is 32.1. The molecule has 32 heavy (non-hydrogen) atoms. The second kappa shape index (κ2) is 10.0. The molecule has 0 spiro atoms. The molecule has 0 aliphatic carbocycles. The fourth-order valence-corrected chi connectivity index (χ4v) is 3.79. The van der Waals surface area contributed by atoms with Crippen molar-refractivity contribution in [2.75, 3.05) is 11.9 Å². The molecule has 164 valence electrons. The fraction of sp³-hybridized carbons (Fsp3) is 0.227. The number of nitrogens with one attached hydrogen (secondary N) is 3. The van der Waals surface area contributed by atoms with Crippen LogP contribution in [0.5, 0.6) is 0 Å². The van der Waals surface area contributed by atoms with Gasteiger partial charge < -0.3 is 9.84 Å². The van der Waals surface area contributed by atoms with Gasteiger partial charge in [-0.1, -0.05) is 59.8 Å². The number of benzene rings is 2. The first-order valence-corrected chi connectivity index (χ1v) is 11.0. The molecule has 9 nitrogen and oxygen atoms in total. The Morgan fingerprint density at radius 3 is 2.56 bits per heavy atom. The van der Waals surface area contributed by atoms with E-state index in [9.17, 15) is 9.59 Å². The number of para-hydroxylation sites is 1. The molecule has 0 aliphatic rings. The Hall–Kier alpha value is -3.79. The molecule has 0 saturated heterocycles. The number of amides is 2. The van der Waals surface area contributed by atoms with E-state index in [-0.39, 0.29) is 31.2 Å². The summed E-state index contributed by atoms with van der Waals surface area (Å²) >= 11 is 1.46. The number of carbonyl (C=O) groups is 2. The van der Waals surface area contributed by atoms with Gasteiger partial charge >= 0.3 is 0 Å². The molecule has 2 amide bonds. The number of nitrogens with zero attached hydrogens (tertiary/aromatic N) is 3. The lowest BCUT2D eigenvalue weighted by atomic mass is 10.1. The number of fused-ring (bicyclic) bond motifs is 1. The minimum absolute atomic E-state index is 0.00998.